The number of nitrogens with one attached hydrogen (secondary N) is 2. The van der Waals surface area contributed by atoms with Gasteiger partial charge in [0.05, 0.1) is 18.3 Å². The normalized spacial score (nSPS) is 10.5. The number of aromatic nitrogens is 3. The van der Waals surface area contributed by atoms with Crippen molar-refractivity contribution < 1.29 is 9.53 Å². The number of H-pyrrole nitrogens is 2. The number of pyridine rings is 1. The Labute approximate surface area is 84.3 Å². The predicted molar refractivity (Wildman–Crippen MR) is 52.7 cm³/mol. The van der Waals surface area contributed by atoms with Gasteiger partial charge in [-0.2, -0.15) is 5.10 Å². The number of fused-ring (bicyclic) bond motifs is 1. The van der Waals surface area contributed by atoms with Gasteiger partial charge in [-0.3, -0.25) is 9.89 Å². The SMILES string of the molecule is CCOC(=O)c1cc(=O)c2[nH]ncc2[nH]1. The third-order valence-corrected chi connectivity index (χ3v) is 1.93. The van der Waals surface area contributed by atoms with Gasteiger partial charge in [0.1, 0.15) is 11.2 Å². The van der Waals surface area contributed by atoms with Gasteiger partial charge in [-0.05, 0) is 6.92 Å². The third-order valence-electron chi connectivity index (χ3n) is 1.93. The maximum absolute atomic E-state index is 11.5. The van der Waals surface area contributed by atoms with Gasteiger partial charge >= 0.3 is 5.97 Å². The van der Waals surface area contributed by atoms with Crippen LogP contribution in [-0.4, -0.2) is 27.8 Å². The Morgan fingerprint density at radius 1 is 1.60 bits per heavy atom. The first-order chi connectivity index (χ1) is 7.22. The highest BCUT2D eigenvalue weighted by molar-refractivity contribution is 5.90. The Morgan fingerprint density at radius 2 is 2.40 bits per heavy atom. The third kappa shape index (κ3) is 1.61. The number of hydrogen-bond donors (Lipinski definition) is 2. The molecule has 0 saturated heterocycles. The molecule has 0 unspecified atom stereocenters. The molecule has 2 aromatic rings. The van der Waals surface area contributed by atoms with Crippen molar-refractivity contribution in [3.63, 3.8) is 0 Å². The van der Waals surface area contributed by atoms with Crippen molar-refractivity contribution in [1.29, 1.82) is 0 Å². The standard InChI is InChI=1S/C9H9N3O3/c1-2-15-9(14)5-3-7(13)8-6(11-5)4-10-12-8/h3-4H,2H2,1H3,(H,10,12)(H,11,13). The summed E-state index contributed by atoms with van der Waals surface area (Å²) in [5.41, 5.74) is 0.689. The first-order valence-corrected chi connectivity index (χ1v) is 4.46. The fraction of sp³-hybridized carbons (Fsp3) is 0.222. The highest BCUT2D eigenvalue weighted by Crippen LogP contribution is 2.04. The number of esters is 1. The average molecular weight is 207 g/mol. The summed E-state index contributed by atoms with van der Waals surface area (Å²) in [5.74, 6) is -0.544. The van der Waals surface area contributed by atoms with E-state index < -0.39 is 5.97 Å². The van der Waals surface area contributed by atoms with Gasteiger partial charge in [-0.25, -0.2) is 4.79 Å². The van der Waals surface area contributed by atoms with Crippen molar-refractivity contribution in [2.75, 3.05) is 6.61 Å². The summed E-state index contributed by atoms with van der Waals surface area (Å²) in [5, 5.41) is 6.24. The molecule has 0 atom stereocenters. The topological polar surface area (TPSA) is 87.8 Å². The molecule has 0 aliphatic carbocycles. The molecule has 0 bridgehead atoms. The van der Waals surface area contributed by atoms with Crippen LogP contribution in [0.2, 0.25) is 0 Å². The van der Waals surface area contributed by atoms with E-state index in [4.69, 9.17) is 4.74 Å². The van der Waals surface area contributed by atoms with E-state index in [1.165, 1.54) is 12.3 Å². The van der Waals surface area contributed by atoms with Crippen LogP contribution >= 0.6 is 0 Å². The largest absolute Gasteiger partial charge is 0.461 e. The Bertz CT molecular complexity index is 555. The Morgan fingerprint density at radius 3 is 3.13 bits per heavy atom. The zero-order valence-electron chi connectivity index (χ0n) is 8.03. The summed E-state index contributed by atoms with van der Waals surface area (Å²) >= 11 is 0. The summed E-state index contributed by atoms with van der Waals surface area (Å²) in [6.07, 6.45) is 1.44. The monoisotopic (exact) mass is 207 g/mol. The van der Waals surface area contributed by atoms with Crippen LogP contribution < -0.4 is 5.43 Å². The maximum atomic E-state index is 11.5. The number of nitrogens with zero attached hydrogens (tertiary/aromatic N) is 1. The molecule has 0 aliphatic heterocycles. The van der Waals surface area contributed by atoms with Crippen LogP contribution in [0.5, 0.6) is 0 Å². The summed E-state index contributed by atoms with van der Waals surface area (Å²) in [6, 6.07) is 1.19. The molecule has 2 rings (SSSR count). The van der Waals surface area contributed by atoms with E-state index in [-0.39, 0.29) is 17.7 Å². The number of carbonyl (C=O) groups is 1. The van der Waals surface area contributed by atoms with Crippen molar-refractivity contribution in [1.82, 2.24) is 15.2 Å². The van der Waals surface area contributed by atoms with Gasteiger partial charge in [0.15, 0.2) is 0 Å². The van der Waals surface area contributed by atoms with Crippen LogP contribution in [-0.2, 0) is 4.74 Å². The highest BCUT2D eigenvalue weighted by Gasteiger charge is 2.10. The first kappa shape index (κ1) is 9.45. The zero-order chi connectivity index (χ0) is 10.8. The molecule has 0 amide bonds. The van der Waals surface area contributed by atoms with Gasteiger partial charge < -0.3 is 9.72 Å². The fourth-order valence-electron chi connectivity index (χ4n) is 1.27. The van der Waals surface area contributed by atoms with E-state index in [1.807, 2.05) is 0 Å². The van der Waals surface area contributed by atoms with E-state index >= 15 is 0 Å². The molecule has 0 spiro atoms. The molecule has 78 valence electrons. The lowest BCUT2D eigenvalue weighted by Crippen LogP contribution is -2.12. The summed E-state index contributed by atoms with van der Waals surface area (Å²) in [4.78, 5) is 25.6. The van der Waals surface area contributed by atoms with Crippen LogP contribution in [0, 0.1) is 0 Å². The minimum atomic E-state index is -0.544. The van der Waals surface area contributed by atoms with Gasteiger partial charge in [0.2, 0.25) is 5.43 Å². The zero-order valence-corrected chi connectivity index (χ0v) is 8.03. The Kier molecular flexibility index (Phi) is 2.24. The summed E-state index contributed by atoms with van der Waals surface area (Å²) in [7, 11) is 0. The molecule has 6 nitrogen and oxygen atoms in total. The van der Waals surface area contributed by atoms with E-state index in [0.717, 1.165) is 0 Å². The number of carbonyl (C=O) groups excluding carboxylic acids is 1. The maximum Gasteiger partial charge on any atom is 0.354 e. The summed E-state index contributed by atoms with van der Waals surface area (Å²) in [6.45, 7) is 1.97. The van der Waals surface area contributed by atoms with E-state index in [2.05, 4.69) is 15.2 Å². The van der Waals surface area contributed by atoms with Crippen LogP contribution in [0.3, 0.4) is 0 Å². The molecular weight excluding hydrogens is 198 g/mol. The minimum absolute atomic E-state index is 0.135. The molecule has 0 saturated carbocycles. The Balaban J connectivity index is 2.54. The number of hydrogen-bond acceptors (Lipinski definition) is 4. The highest BCUT2D eigenvalue weighted by atomic mass is 16.5. The van der Waals surface area contributed by atoms with Crippen molar-refractivity contribution >= 4 is 17.0 Å². The Hall–Kier alpha value is -2.11. The average Bonchev–Trinajstić information content (AvgIpc) is 2.66. The fourth-order valence-corrected chi connectivity index (χ4v) is 1.27. The smallest absolute Gasteiger partial charge is 0.354 e. The lowest BCUT2D eigenvalue weighted by molar-refractivity contribution is 0.0520. The van der Waals surface area contributed by atoms with Crippen molar-refractivity contribution in [3.8, 4) is 0 Å². The van der Waals surface area contributed by atoms with Gasteiger partial charge in [-0.1, -0.05) is 0 Å². The van der Waals surface area contributed by atoms with Gasteiger partial charge in [-0.15, -0.1) is 0 Å². The lowest BCUT2D eigenvalue weighted by atomic mass is 10.3. The molecule has 2 aromatic heterocycles. The van der Waals surface area contributed by atoms with E-state index in [1.54, 1.807) is 6.92 Å². The van der Waals surface area contributed by atoms with Crippen LogP contribution in [0.1, 0.15) is 17.4 Å². The second kappa shape index (κ2) is 3.56. The molecule has 2 heterocycles. The quantitative estimate of drug-likeness (QED) is 0.699. The molecule has 0 fully saturated rings. The molecule has 6 heteroatoms. The molecule has 2 N–H and O–H groups in total. The predicted octanol–water partition coefficient (Wildman–Crippen LogP) is 0.428. The van der Waals surface area contributed by atoms with Crippen LogP contribution in [0.15, 0.2) is 17.1 Å². The van der Waals surface area contributed by atoms with E-state index in [9.17, 15) is 9.59 Å². The second-order valence-electron chi connectivity index (χ2n) is 2.93. The number of ether oxygens (including phenoxy) is 1. The van der Waals surface area contributed by atoms with Gasteiger partial charge in [0, 0.05) is 6.07 Å². The van der Waals surface area contributed by atoms with Crippen LogP contribution in [0.4, 0.5) is 0 Å². The minimum Gasteiger partial charge on any atom is -0.461 e. The number of rotatable bonds is 2. The van der Waals surface area contributed by atoms with Crippen LogP contribution in [0.25, 0.3) is 11.0 Å². The molecule has 0 radical (unpaired) electrons. The van der Waals surface area contributed by atoms with Crippen molar-refractivity contribution in [2.24, 2.45) is 0 Å². The van der Waals surface area contributed by atoms with E-state index in [0.29, 0.717) is 11.0 Å². The second-order valence-corrected chi connectivity index (χ2v) is 2.93. The summed E-state index contributed by atoms with van der Waals surface area (Å²) < 4.78 is 4.77. The lowest BCUT2D eigenvalue weighted by Gasteiger charge is -2.00. The molecule has 0 aromatic carbocycles. The molecular formula is C9H9N3O3. The number of aromatic amines is 2. The van der Waals surface area contributed by atoms with Gasteiger partial charge in [0.25, 0.3) is 0 Å². The molecule has 15 heavy (non-hydrogen) atoms. The first-order valence-electron chi connectivity index (χ1n) is 4.46. The van der Waals surface area contributed by atoms with Crippen molar-refractivity contribution in [3.05, 3.63) is 28.2 Å². The van der Waals surface area contributed by atoms with Crippen molar-refractivity contribution in [2.45, 2.75) is 6.92 Å². The molecule has 0 aliphatic rings.